The molecule has 2 aromatic carbocycles. The van der Waals surface area contributed by atoms with Crippen LogP contribution in [-0.2, 0) is 0 Å². The molecule has 1 heterocycles. The lowest BCUT2D eigenvalue weighted by Crippen LogP contribution is -2.19. The quantitative estimate of drug-likeness (QED) is 0.741. The Balaban J connectivity index is 2.17. The van der Waals surface area contributed by atoms with Gasteiger partial charge in [0.25, 0.3) is 0 Å². The number of fused-ring (bicyclic) bond motifs is 1. The van der Waals surface area contributed by atoms with Gasteiger partial charge >= 0.3 is 0 Å². The van der Waals surface area contributed by atoms with E-state index in [-0.39, 0.29) is 11.6 Å². The predicted molar refractivity (Wildman–Crippen MR) is 95.6 cm³/mol. The molecule has 124 valence electrons. The van der Waals surface area contributed by atoms with Crippen molar-refractivity contribution in [3.05, 3.63) is 70.6 Å². The minimum atomic E-state index is -0.323. The summed E-state index contributed by atoms with van der Waals surface area (Å²) in [5.41, 5.74) is 2.32. The lowest BCUT2D eigenvalue weighted by Gasteiger charge is -2.25. The summed E-state index contributed by atoms with van der Waals surface area (Å²) in [6, 6.07) is 11.7. The molecule has 0 bridgehead atoms. The number of carbonyl (C=O) groups excluding carboxylic acids is 1. The van der Waals surface area contributed by atoms with Crippen molar-refractivity contribution in [1.29, 1.82) is 0 Å². The van der Waals surface area contributed by atoms with Gasteiger partial charge in [0.1, 0.15) is 5.82 Å². The van der Waals surface area contributed by atoms with Gasteiger partial charge < -0.3 is 9.80 Å². The molecule has 5 heteroatoms. The molecule has 24 heavy (non-hydrogen) atoms. The Morgan fingerprint density at radius 2 is 1.92 bits per heavy atom. The summed E-state index contributed by atoms with van der Waals surface area (Å²) in [7, 11) is 3.76. The highest BCUT2D eigenvalue weighted by Crippen LogP contribution is 2.36. The number of hydrogen-bond acceptors (Lipinski definition) is 3. The Bertz CT molecular complexity index is 817. The number of Topliss-reactive ketones (excluding diaryl/α,β-unsaturated/α-hetero) is 1. The van der Waals surface area contributed by atoms with Crippen molar-refractivity contribution in [3.63, 3.8) is 0 Å². The Morgan fingerprint density at radius 3 is 2.62 bits per heavy atom. The number of hydrogen-bond donors (Lipinski definition) is 0. The van der Waals surface area contributed by atoms with Crippen LogP contribution in [0.15, 0.2) is 54.2 Å². The van der Waals surface area contributed by atoms with Crippen LogP contribution in [0.2, 0.25) is 5.02 Å². The molecule has 0 spiro atoms. The van der Waals surface area contributed by atoms with Crippen molar-refractivity contribution in [2.24, 2.45) is 0 Å². The number of carbonyl (C=O) groups is 1. The fraction of sp³-hybridized carbons (Fsp3) is 0.211. The summed E-state index contributed by atoms with van der Waals surface area (Å²) in [6.45, 7) is 0.500. The summed E-state index contributed by atoms with van der Waals surface area (Å²) in [5.74, 6) is -0.370. The maximum atomic E-state index is 14.3. The van der Waals surface area contributed by atoms with E-state index in [0.717, 1.165) is 0 Å². The van der Waals surface area contributed by atoms with Crippen molar-refractivity contribution in [2.45, 2.75) is 6.42 Å². The molecule has 0 unspecified atom stereocenters. The van der Waals surface area contributed by atoms with Crippen molar-refractivity contribution in [1.82, 2.24) is 4.90 Å². The second-order valence-corrected chi connectivity index (χ2v) is 6.40. The Labute approximate surface area is 145 Å². The molecule has 3 rings (SSSR count). The zero-order valence-corrected chi connectivity index (χ0v) is 14.3. The van der Waals surface area contributed by atoms with Crippen LogP contribution in [-0.4, -0.2) is 31.3 Å². The average Bonchev–Trinajstić information content (AvgIpc) is 2.66. The molecule has 0 N–H and O–H groups in total. The van der Waals surface area contributed by atoms with E-state index in [9.17, 15) is 9.18 Å². The standard InChI is InChI=1S/C19H18ClFN2O/c1-22(2)12-13-9-10-23(17-6-4-3-5-16(17)21)18-11-14(20)7-8-15(18)19(13)24/h3-8,11-12H,9-10H2,1-2H3/b13-12-. The van der Waals surface area contributed by atoms with E-state index in [0.29, 0.717) is 40.5 Å². The summed E-state index contributed by atoms with van der Waals surface area (Å²) < 4.78 is 14.3. The molecule has 0 aliphatic carbocycles. The predicted octanol–water partition coefficient (Wildman–Crippen LogP) is 4.65. The number of para-hydroxylation sites is 1. The molecule has 2 aromatic rings. The molecule has 0 radical (unpaired) electrons. The summed E-state index contributed by atoms with van der Waals surface area (Å²) in [6.07, 6.45) is 2.35. The summed E-state index contributed by atoms with van der Waals surface area (Å²) >= 11 is 6.14. The number of halogens is 2. The molecule has 0 saturated heterocycles. The van der Waals surface area contributed by atoms with Crippen molar-refractivity contribution >= 4 is 28.8 Å². The van der Waals surface area contributed by atoms with Crippen LogP contribution < -0.4 is 4.90 Å². The van der Waals surface area contributed by atoms with Crippen LogP contribution in [0.1, 0.15) is 16.8 Å². The van der Waals surface area contributed by atoms with Crippen LogP contribution in [0.25, 0.3) is 0 Å². The Hall–Kier alpha value is -2.33. The fourth-order valence-corrected chi connectivity index (χ4v) is 3.08. The zero-order valence-electron chi connectivity index (χ0n) is 13.6. The van der Waals surface area contributed by atoms with Crippen LogP contribution >= 0.6 is 11.6 Å². The van der Waals surface area contributed by atoms with Crippen molar-refractivity contribution < 1.29 is 9.18 Å². The zero-order chi connectivity index (χ0) is 17.3. The molecule has 1 aliphatic rings. The van der Waals surface area contributed by atoms with Gasteiger partial charge in [-0.2, -0.15) is 0 Å². The first-order valence-corrected chi connectivity index (χ1v) is 8.08. The third-order valence-electron chi connectivity index (χ3n) is 3.95. The topological polar surface area (TPSA) is 23.6 Å². The van der Waals surface area contributed by atoms with E-state index in [4.69, 9.17) is 11.6 Å². The number of rotatable bonds is 2. The number of nitrogens with zero attached hydrogens (tertiary/aromatic N) is 2. The maximum Gasteiger partial charge on any atom is 0.192 e. The first-order valence-electron chi connectivity index (χ1n) is 7.71. The van der Waals surface area contributed by atoms with Gasteiger partial charge in [0.15, 0.2) is 5.78 Å². The average molecular weight is 345 g/mol. The maximum absolute atomic E-state index is 14.3. The highest BCUT2D eigenvalue weighted by atomic mass is 35.5. The van der Waals surface area contributed by atoms with Crippen LogP contribution in [0.4, 0.5) is 15.8 Å². The van der Waals surface area contributed by atoms with Crippen LogP contribution in [0.5, 0.6) is 0 Å². The van der Waals surface area contributed by atoms with Gasteiger partial charge in [0.2, 0.25) is 0 Å². The van der Waals surface area contributed by atoms with Gasteiger partial charge in [-0.05, 0) is 36.8 Å². The van der Waals surface area contributed by atoms with E-state index in [1.54, 1.807) is 36.4 Å². The molecule has 0 amide bonds. The lowest BCUT2D eigenvalue weighted by atomic mass is 10.0. The first kappa shape index (κ1) is 16.5. The normalized spacial score (nSPS) is 16.1. The van der Waals surface area contributed by atoms with E-state index < -0.39 is 0 Å². The van der Waals surface area contributed by atoms with Gasteiger partial charge in [-0.15, -0.1) is 0 Å². The van der Waals surface area contributed by atoms with E-state index >= 15 is 0 Å². The van der Waals surface area contributed by atoms with Crippen LogP contribution in [0, 0.1) is 5.82 Å². The fourth-order valence-electron chi connectivity index (χ4n) is 2.92. The third kappa shape index (κ3) is 3.15. The van der Waals surface area contributed by atoms with E-state index in [1.165, 1.54) is 6.07 Å². The summed E-state index contributed by atoms with van der Waals surface area (Å²) in [5, 5.41) is 0.517. The Kier molecular flexibility index (Phi) is 4.58. The molecule has 0 saturated carbocycles. The van der Waals surface area contributed by atoms with Gasteiger partial charge in [-0.1, -0.05) is 23.7 Å². The summed E-state index contributed by atoms with van der Waals surface area (Å²) in [4.78, 5) is 16.6. The van der Waals surface area contributed by atoms with Crippen molar-refractivity contribution in [2.75, 3.05) is 25.5 Å². The van der Waals surface area contributed by atoms with E-state index in [2.05, 4.69) is 0 Å². The second kappa shape index (κ2) is 6.65. The first-order chi connectivity index (χ1) is 11.5. The van der Waals surface area contributed by atoms with Gasteiger partial charge in [-0.3, -0.25) is 4.79 Å². The number of benzene rings is 2. The minimum absolute atomic E-state index is 0.0470. The molecular weight excluding hydrogens is 327 g/mol. The van der Waals surface area contributed by atoms with Gasteiger partial charge in [0, 0.05) is 43.0 Å². The second-order valence-electron chi connectivity index (χ2n) is 5.96. The van der Waals surface area contributed by atoms with Gasteiger partial charge in [-0.25, -0.2) is 4.39 Å². The smallest absolute Gasteiger partial charge is 0.192 e. The van der Waals surface area contributed by atoms with E-state index in [1.807, 2.05) is 30.1 Å². The SMILES string of the molecule is CN(C)/C=C1/CCN(c2ccccc2F)c2cc(Cl)ccc2C1=O. The highest BCUT2D eigenvalue weighted by Gasteiger charge is 2.27. The largest absolute Gasteiger partial charge is 0.383 e. The molecule has 0 fully saturated rings. The minimum Gasteiger partial charge on any atom is -0.383 e. The number of ketones is 1. The highest BCUT2D eigenvalue weighted by molar-refractivity contribution is 6.31. The number of anilines is 2. The molecule has 1 aliphatic heterocycles. The molecule has 0 aromatic heterocycles. The Morgan fingerprint density at radius 1 is 1.17 bits per heavy atom. The molecule has 3 nitrogen and oxygen atoms in total. The molecule has 0 atom stereocenters. The van der Waals surface area contributed by atoms with Gasteiger partial charge in [0.05, 0.1) is 11.4 Å². The molecular formula is C19H18ClFN2O. The monoisotopic (exact) mass is 344 g/mol. The lowest BCUT2D eigenvalue weighted by molar-refractivity contribution is 0.103. The van der Waals surface area contributed by atoms with Crippen molar-refractivity contribution in [3.8, 4) is 0 Å². The third-order valence-corrected chi connectivity index (χ3v) is 4.18. The van der Waals surface area contributed by atoms with Crippen LogP contribution in [0.3, 0.4) is 0 Å².